The number of hydrogen-bond donors (Lipinski definition) is 0. The second kappa shape index (κ2) is 9.34. The zero-order valence-corrected chi connectivity index (χ0v) is 19.5. The predicted molar refractivity (Wildman–Crippen MR) is 122 cm³/mol. The fourth-order valence-corrected chi connectivity index (χ4v) is 3.87. The number of aromatic nitrogens is 2. The van der Waals surface area contributed by atoms with E-state index in [0.717, 1.165) is 28.9 Å². The van der Waals surface area contributed by atoms with Gasteiger partial charge in [0.1, 0.15) is 0 Å². The van der Waals surface area contributed by atoms with Gasteiger partial charge in [-0.1, -0.05) is 35.9 Å². The Kier molecular flexibility index (Phi) is 6.36. The molecule has 6 rings (SSSR count). The van der Waals surface area contributed by atoms with E-state index in [1.165, 1.54) is 27.5 Å². The molecule has 0 spiro atoms. The van der Waals surface area contributed by atoms with Crippen molar-refractivity contribution in [2.45, 2.75) is 13.3 Å². The van der Waals surface area contributed by atoms with Crippen molar-refractivity contribution in [1.29, 1.82) is 0 Å². The Labute approximate surface area is 196 Å². The van der Waals surface area contributed by atoms with Gasteiger partial charge < -0.3 is 9.97 Å². The normalized spacial score (nSPS) is 11.0. The summed E-state index contributed by atoms with van der Waals surface area (Å²) in [5.74, 6) is 0. The third kappa shape index (κ3) is 4.34. The molecule has 3 heteroatoms. The summed E-state index contributed by atoms with van der Waals surface area (Å²) in [5, 5.41) is 2.57. The first-order valence-corrected chi connectivity index (χ1v) is 10.1. The smallest absolute Gasteiger partial charge is 0.0190 e. The number of nitrogens with zero attached hydrogens (tertiary/aromatic N) is 2. The van der Waals surface area contributed by atoms with Gasteiger partial charge in [-0.2, -0.15) is 0 Å². The quantitative estimate of drug-likeness (QED) is 0.210. The van der Waals surface area contributed by atoms with E-state index in [1.807, 2.05) is 61.8 Å². The Morgan fingerprint density at radius 1 is 0.774 bits per heavy atom. The minimum atomic E-state index is 0. The summed E-state index contributed by atoms with van der Waals surface area (Å²) in [5.41, 5.74) is 8.15. The average Bonchev–Trinajstić information content (AvgIpc) is 2.81. The Morgan fingerprint density at radius 3 is 2.45 bits per heavy atom. The third-order valence-corrected chi connectivity index (χ3v) is 5.33. The van der Waals surface area contributed by atoms with Gasteiger partial charge in [-0.3, -0.25) is 0 Å². The number of hydrogen-bond acceptors (Lipinski definition) is 2. The predicted octanol–water partition coefficient (Wildman–Crippen LogP) is 6.46. The monoisotopic (exact) mass is 577 g/mol. The molecule has 0 amide bonds. The molecular formula is C28H20IrN2-2. The Bertz CT molecular complexity index is 1310. The van der Waals surface area contributed by atoms with Gasteiger partial charge in [0.25, 0.3) is 0 Å². The van der Waals surface area contributed by atoms with E-state index in [1.54, 1.807) is 0 Å². The molecule has 0 bridgehead atoms. The van der Waals surface area contributed by atoms with Crippen molar-refractivity contribution in [3.8, 4) is 22.5 Å². The second-order valence-electron chi connectivity index (χ2n) is 7.42. The van der Waals surface area contributed by atoms with Gasteiger partial charge in [0.2, 0.25) is 0 Å². The minimum absolute atomic E-state index is 0. The van der Waals surface area contributed by atoms with Gasteiger partial charge in [-0.25, -0.2) is 0 Å². The zero-order valence-electron chi connectivity index (χ0n) is 17.1. The molecule has 153 valence electrons. The summed E-state index contributed by atoms with van der Waals surface area (Å²) < 4.78 is 0. The van der Waals surface area contributed by atoms with E-state index in [4.69, 9.17) is 0 Å². The number of aryl methyl sites for hydroxylation is 1. The molecule has 3 aromatic carbocycles. The molecule has 2 aromatic heterocycles. The van der Waals surface area contributed by atoms with Gasteiger partial charge in [0, 0.05) is 32.5 Å². The fourth-order valence-electron chi connectivity index (χ4n) is 3.87. The van der Waals surface area contributed by atoms with Crippen LogP contribution in [0.2, 0.25) is 0 Å². The van der Waals surface area contributed by atoms with Crippen LogP contribution in [0.1, 0.15) is 16.7 Å². The molecule has 0 fully saturated rings. The average molecular weight is 577 g/mol. The molecule has 5 aromatic rings. The zero-order chi connectivity index (χ0) is 20.3. The standard InChI is InChI=1S/C16H10N.C12H10N.Ir/c1-2-7-14-12(4-1)10-13-6-3-5-11-8-9-17-16(14)15(11)13;1-10-7-8-12(13-9-10)11-5-3-2-4-6-11;/h1-6,8-9H,10H2;2-5,7-9H,1H3;/q2*-1;. The van der Waals surface area contributed by atoms with E-state index < -0.39 is 0 Å². The van der Waals surface area contributed by atoms with Gasteiger partial charge >= 0.3 is 0 Å². The molecule has 0 aliphatic heterocycles. The topological polar surface area (TPSA) is 25.8 Å². The van der Waals surface area contributed by atoms with Crippen LogP contribution in [0, 0.1) is 19.1 Å². The van der Waals surface area contributed by atoms with E-state index in [-0.39, 0.29) is 20.1 Å². The Balaban J connectivity index is 0.000000150. The molecule has 0 saturated heterocycles. The molecule has 2 heterocycles. The molecule has 1 radical (unpaired) electrons. The maximum absolute atomic E-state index is 4.55. The molecule has 0 unspecified atom stereocenters. The van der Waals surface area contributed by atoms with E-state index >= 15 is 0 Å². The third-order valence-electron chi connectivity index (χ3n) is 5.33. The van der Waals surface area contributed by atoms with Gasteiger partial charge in [-0.15, -0.1) is 71.3 Å². The molecule has 2 nitrogen and oxygen atoms in total. The van der Waals surface area contributed by atoms with E-state index in [2.05, 4.69) is 58.5 Å². The maximum Gasteiger partial charge on any atom is 0.0190 e. The molecule has 0 N–H and O–H groups in total. The van der Waals surface area contributed by atoms with Crippen LogP contribution in [0.4, 0.5) is 0 Å². The van der Waals surface area contributed by atoms with Crippen LogP contribution in [0.5, 0.6) is 0 Å². The fraction of sp³-hybridized carbons (Fsp3) is 0.0714. The minimum Gasteiger partial charge on any atom is -0.304 e. The molecular weight excluding hydrogens is 557 g/mol. The molecule has 0 atom stereocenters. The van der Waals surface area contributed by atoms with Crippen molar-refractivity contribution in [3.05, 3.63) is 120 Å². The van der Waals surface area contributed by atoms with Crippen molar-refractivity contribution in [2.75, 3.05) is 0 Å². The number of rotatable bonds is 1. The van der Waals surface area contributed by atoms with Crippen LogP contribution in [-0.4, -0.2) is 9.97 Å². The second-order valence-corrected chi connectivity index (χ2v) is 7.42. The first-order chi connectivity index (χ1) is 14.8. The maximum atomic E-state index is 4.55. The molecule has 0 saturated carbocycles. The van der Waals surface area contributed by atoms with Crippen molar-refractivity contribution in [3.63, 3.8) is 0 Å². The SMILES string of the molecule is Cc1ccc(-c2[c-]cccc2)nc1.[Ir].[c-]1cccc2c1-c1nccc3cccc(c13)C2. The summed E-state index contributed by atoms with van der Waals surface area (Å²) in [7, 11) is 0. The summed E-state index contributed by atoms with van der Waals surface area (Å²) in [6, 6.07) is 33.1. The number of pyridine rings is 2. The summed E-state index contributed by atoms with van der Waals surface area (Å²) in [6.07, 6.45) is 4.75. The molecule has 31 heavy (non-hydrogen) atoms. The summed E-state index contributed by atoms with van der Waals surface area (Å²) in [6.45, 7) is 2.03. The summed E-state index contributed by atoms with van der Waals surface area (Å²) >= 11 is 0. The van der Waals surface area contributed by atoms with Crippen molar-refractivity contribution >= 4 is 10.8 Å². The Hall–Kier alpha value is -3.13. The number of fused-ring (bicyclic) bond motifs is 2. The van der Waals surface area contributed by atoms with Crippen molar-refractivity contribution < 1.29 is 20.1 Å². The van der Waals surface area contributed by atoms with E-state index in [0.29, 0.717) is 0 Å². The summed E-state index contributed by atoms with van der Waals surface area (Å²) in [4.78, 5) is 8.86. The van der Waals surface area contributed by atoms with Crippen LogP contribution in [0.25, 0.3) is 33.3 Å². The Morgan fingerprint density at radius 2 is 1.65 bits per heavy atom. The van der Waals surface area contributed by atoms with Crippen LogP contribution < -0.4 is 0 Å². The van der Waals surface area contributed by atoms with E-state index in [9.17, 15) is 0 Å². The first kappa shape index (κ1) is 21.1. The molecule has 1 aliphatic carbocycles. The van der Waals surface area contributed by atoms with Crippen LogP contribution in [0.15, 0.2) is 91.3 Å². The van der Waals surface area contributed by atoms with Crippen molar-refractivity contribution in [1.82, 2.24) is 9.97 Å². The van der Waals surface area contributed by atoms with Crippen LogP contribution in [0.3, 0.4) is 0 Å². The van der Waals surface area contributed by atoms with Crippen LogP contribution >= 0.6 is 0 Å². The first-order valence-electron chi connectivity index (χ1n) is 10.1. The molecule has 1 aliphatic rings. The van der Waals surface area contributed by atoms with Crippen LogP contribution in [-0.2, 0) is 26.5 Å². The van der Waals surface area contributed by atoms with Gasteiger partial charge in [0.15, 0.2) is 0 Å². The largest absolute Gasteiger partial charge is 0.304 e. The van der Waals surface area contributed by atoms with Crippen molar-refractivity contribution in [2.24, 2.45) is 0 Å². The number of benzene rings is 3. The van der Waals surface area contributed by atoms with Gasteiger partial charge in [-0.05, 0) is 47.1 Å². The van der Waals surface area contributed by atoms with Gasteiger partial charge in [0.05, 0.1) is 0 Å².